The van der Waals surface area contributed by atoms with Crippen LogP contribution in [-0.4, -0.2) is 60.0 Å². The maximum Gasteiger partial charge on any atom is 0.305 e. The molecule has 110 valence electrons. The quantitative estimate of drug-likeness (QED) is 0.411. The molecular formula is C12H16N2O6. The molecule has 8 nitrogen and oxygen atoms in total. The lowest BCUT2D eigenvalue weighted by Crippen LogP contribution is -2.35. The molecule has 0 saturated heterocycles. The number of carbonyl (C=O) groups excluding carboxylic acids is 3. The van der Waals surface area contributed by atoms with E-state index in [9.17, 15) is 19.2 Å². The van der Waals surface area contributed by atoms with Gasteiger partial charge in [-0.25, -0.2) is 0 Å². The first-order valence-electron chi connectivity index (χ1n) is 6.10. The molecule has 0 saturated carbocycles. The highest BCUT2D eigenvalue weighted by atomic mass is 16.5. The van der Waals surface area contributed by atoms with Crippen LogP contribution >= 0.6 is 0 Å². The lowest BCUT2D eigenvalue weighted by atomic mass is 10.3. The predicted octanol–water partition coefficient (Wildman–Crippen LogP) is -1.09. The lowest BCUT2D eigenvalue weighted by molar-refractivity contribution is -0.139. The van der Waals surface area contributed by atoms with Crippen LogP contribution in [0.25, 0.3) is 0 Å². The lowest BCUT2D eigenvalue weighted by Gasteiger charge is -2.13. The van der Waals surface area contributed by atoms with Gasteiger partial charge in [-0.2, -0.15) is 0 Å². The van der Waals surface area contributed by atoms with Crippen molar-refractivity contribution in [1.82, 2.24) is 10.2 Å². The average Bonchev–Trinajstić information content (AvgIpc) is 2.70. The molecule has 8 heteroatoms. The van der Waals surface area contributed by atoms with Gasteiger partial charge in [0.25, 0.3) is 11.8 Å². The zero-order valence-electron chi connectivity index (χ0n) is 10.8. The number of carboxylic acid groups (broad SMARTS) is 1. The minimum absolute atomic E-state index is 0.0221. The number of nitrogens with one attached hydrogen (secondary N) is 1. The number of carboxylic acids is 1. The summed E-state index contributed by atoms with van der Waals surface area (Å²) in [5, 5.41) is 10.9. The Labute approximate surface area is 115 Å². The first-order valence-corrected chi connectivity index (χ1v) is 6.10. The van der Waals surface area contributed by atoms with Gasteiger partial charge < -0.3 is 15.2 Å². The highest BCUT2D eigenvalue weighted by Gasteiger charge is 2.23. The van der Waals surface area contributed by atoms with Crippen LogP contribution < -0.4 is 5.32 Å². The first-order chi connectivity index (χ1) is 9.50. The van der Waals surface area contributed by atoms with Gasteiger partial charge in [0.1, 0.15) is 0 Å². The van der Waals surface area contributed by atoms with Gasteiger partial charge in [-0.05, 0) is 0 Å². The van der Waals surface area contributed by atoms with Crippen molar-refractivity contribution in [3.05, 3.63) is 12.2 Å². The Morgan fingerprint density at radius 2 is 1.80 bits per heavy atom. The molecule has 0 unspecified atom stereocenters. The van der Waals surface area contributed by atoms with Crippen LogP contribution in [0.4, 0.5) is 0 Å². The van der Waals surface area contributed by atoms with Crippen molar-refractivity contribution in [1.29, 1.82) is 0 Å². The summed E-state index contributed by atoms with van der Waals surface area (Å²) in [6, 6.07) is 0. The summed E-state index contributed by atoms with van der Waals surface area (Å²) in [4.78, 5) is 45.0. The van der Waals surface area contributed by atoms with E-state index in [4.69, 9.17) is 9.84 Å². The number of amides is 3. The Hall–Kier alpha value is -2.22. The fraction of sp³-hybridized carbons (Fsp3) is 0.500. The van der Waals surface area contributed by atoms with Crippen molar-refractivity contribution in [2.45, 2.75) is 12.8 Å². The molecule has 0 aromatic heterocycles. The summed E-state index contributed by atoms with van der Waals surface area (Å²) in [6.07, 6.45) is 2.27. The van der Waals surface area contributed by atoms with Gasteiger partial charge in [0.2, 0.25) is 5.91 Å². The Bertz CT molecular complexity index is 414. The number of hydrogen-bond donors (Lipinski definition) is 2. The van der Waals surface area contributed by atoms with Crippen molar-refractivity contribution >= 4 is 23.7 Å². The van der Waals surface area contributed by atoms with Gasteiger partial charge >= 0.3 is 5.97 Å². The van der Waals surface area contributed by atoms with E-state index in [0.29, 0.717) is 0 Å². The molecule has 0 radical (unpaired) electrons. The van der Waals surface area contributed by atoms with E-state index in [-0.39, 0.29) is 45.1 Å². The largest absolute Gasteiger partial charge is 0.481 e. The van der Waals surface area contributed by atoms with E-state index in [1.165, 1.54) is 0 Å². The predicted molar refractivity (Wildman–Crippen MR) is 66.6 cm³/mol. The van der Waals surface area contributed by atoms with Crippen LogP contribution in [0.2, 0.25) is 0 Å². The van der Waals surface area contributed by atoms with Crippen molar-refractivity contribution in [2.24, 2.45) is 0 Å². The van der Waals surface area contributed by atoms with Gasteiger partial charge in [0, 0.05) is 31.7 Å². The van der Waals surface area contributed by atoms with Crippen LogP contribution in [-0.2, 0) is 23.9 Å². The van der Waals surface area contributed by atoms with Crippen LogP contribution in [0.15, 0.2) is 12.2 Å². The van der Waals surface area contributed by atoms with E-state index in [0.717, 1.165) is 17.1 Å². The molecular weight excluding hydrogens is 268 g/mol. The Kier molecular flexibility index (Phi) is 6.38. The summed E-state index contributed by atoms with van der Waals surface area (Å²) in [5.41, 5.74) is 0. The number of hydrogen-bond acceptors (Lipinski definition) is 5. The highest BCUT2D eigenvalue weighted by Crippen LogP contribution is 2.03. The summed E-state index contributed by atoms with van der Waals surface area (Å²) >= 11 is 0. The van der Waals surface area contributed by atoms with E-state index < -0.39 is 17.8 Å². The second kappa shape index (κ2) is 8.05. The Morgan fingerprint density at radius 3 is 2.40 bits per heavy atom. The second-order valence-corrected chi connectivity index (χ2v) is 4.02. The number of imide groups is 1. The van der Waals surface area contributed by atoms with Crippen LogP contribution in [0.3, 0.4) is 0 Å². The molecule has 1 heterocycles. The molecule has 0 aromatic rings. The Morgan fingerprint density at radius 1 is 1.15 bits per heavy atom. The third-order valence-electron chi connectivity index (χ3n) is 2.49. The van der Waals surface area contributed by atoms with Crippen molar-refractivity contribution in [3.8, 4) is 0 Å². The third kappa shape index (κ3) is 5.61. The number of rotatable bonds is 9. The topological polar surface area (TPSA) is 113 Å². The average molecular weight is 284 g/mol. The molecule has 1 aliphatic heterocycles. The molecule has 0 fully saturated rings. The fourth-order valence-corrected chi connectivity index (χ4v) is 1.48. The standard InChI is InChI=1S/C12H16N2O6/c15-9(13-5-8-20-7-4-12(18)19)3-6-14-10(16)1-2-11(14)17/h1-2H,3-8H2,(H,13,15)(H,18,19). The summed E-state index contributed by atoms with van der Waals surface area (Å²) in [6.45, 7) is 0.588. The number of aliphatic carboxylic acids is 1. The first kappa shape index (κ1) is 15.8. The van der Waals surface area contributed by atoms with Gasteiger partial charge in [-0.3, -0.25) is 24.1 Å². The number of ether oxygens (including phenoxy) is 1. The smallest absolute Gasteiger partial charge is 0.305 e. The minimum atomic E-state index is -0.942. The van der Waals surface area contributed by atoms with Crippen LogP contribution in [0.5, 0.6) is 0 Å². The SMILES string of the molecule is O=C(O)CCOCCNC(=O)CCN1C(=O)C=CC1=O. The van der Waals surface area contributed by atoms with Crippen LogP contribution in [0, 0.1) is 0 Å². The van der Waals surface area contributed by atoms with Gasteiger partial charge in [0.15, 0.2) is 0 Å². The highest BCUT2D eigenvalue weighted by molar-refractivity contribution is 6.13. The number of nitrogens with zero attached hydrogens (tertiary/aromatic N) is 1. The molecule has 3 amide bonds. The molecule has 0 atom stereocenters. The van der Waals surface area contributed by atoms with E-state index in [1.54, 1.807) is 0 Å². The minimum Gasteiger partial charge on any atom is -0.481 e. The van der Waals surface area contributed by atoms with Gasteiger partial charge in [0.05, 0.1) is 19.6 Å². The van der Waals surface area contributed by atoms with E-state index in [2.05, 4.69) is 5.32 Å². The molecule has 0 aromatic carbocycles. The molecule has 0 spiro atoms. The molecule has 1 rings (SSSR count). The second-order valence-electron chi connectivity index (χ2n) is 4.02. The van der Waals surface area contributed by atoms with Gasteiger partial charge in [-0.15, -0.1) is 0 Å². The number of carbonyl (C=O) groups is 4. The molecule has 0 aliphatic carbocycles. The maximum atomic E-state index is 11.4. The molecule has 0 bridgehead atoms. The van der Waals surface area contributed by atoms with Crippen molar-refractivity contribution < 1.29 is 29.0 Å². The van der Waals surface area contributed by atoms with Gasteiger partial charge in [-0.1, -0.05) is 0 Å². The normalized spacial score (nSPS) is 13.9. The van der Waals surface area contributed by atoms with E-state index >= 15 is 0 Å². The summed E-state index contributed by atoms with van der Waals surface area (Å²) in [7, 11) is 0. The fourth-order valence-electron chi connectivity index (χ4n) is 1.48. The molecule has 1 aliphatic rings. The van der Waals surface area contributed by atoms with Crippen molar-refractivity contribution in [2.75, 3.05) is 26.3 Å². The maximum absolute atomic E-state index is 11.4. The van der Waals surface area contributed by atoms with Crippen LogP contribution in [0.1, 0.15) is 12.8 Å². The molecule has 20 heavy (non-hydrogen) atoms. The summed E-state index contributed by atoms with van der Waals surface area (Å²) in [5.74, 6) is -2.08. The monoisotopic (exact) mass is 284 g/mol. The Balaban J connectivity index is 2.05. The van der Waals surface area contributed by atoms with Crippen molar-refractivity contribution in [3.63, 3.8) is 0 Å². The van der Waals surface area contributed by atoms with E-state index in [1.807, 2.05) is 0 Å². The zero-order chi connectivity index (χ0) is 15.0. The third-order valence-corrected chi connectivity index (χ3v) is 2.49. The summed E-state index contributed by atoms with van der Waals surface area (Å²) < 4.78 is 4.98. The molecule has 2 N–H and O–H groups in total. The zero-order valence-corrected chi connectivity index (χ0v) is 10.8.